The minimum Gasteiger partial charge on any atom is -0.473 e. The Hall–Kier alpha value is -3.54. The summed E-state index contributed by atoms with van der Waals surface area (Å²) in [6.07, 6.45) is 1.59. The van der Waals surface area contributed by atoms with Crippen molar-refractivity contribution >= 4 is 5.91 Å². The molecule has 3 aromatic rings. The maximum absolute atomic E-state index is 12.8. The van der Waals surface area contributed by atoms with Gasteiger partial charge in [0.25, 0.3) is 5.91 Å². The molecule has 6 nitrogen and oxygen atoms in total. The number of hydrogen-bond donors (Lipinski definition) is 0. The van der Waals surface area contributed by atoms with Gasteiger partial charge in [-0.3, -0.25) is 4.79 Å². The molecular weight excluding hydrogens is 356 g/mol. The molecule has 0 saturated heterocycles. The largest absolute Gasteiger partial charge is 0.473 e. The zero-order valence-electron chi connectivity index (χ0n) is 15.5. The van der Waals surface area contributed by atoms with Crippen LogP contribution in [0.5, 0.6) is 17.4 Å². The molecule has 28 heavy (non-hydrogen) atoms. The van der Waals surface area contributed by atoms with Crippen molar-refractivity contribution in [3.05, 3.63) is 83.6 Å². The Labute approximate surface area is 163 Å². The maximum Gasteiger partial charge on any atom is 0.254 e. The fourth-order valence-corrected chi connectivity index (χ4v) is 2.96. The van der Waals surface area contributed by atoms with Crippen LogP contribution in [-0.4, -0.2) is 29.6 Å². The topological polar surface area (TPSA) is 60.9 Å². The number of fused-ring (bicyclic) bond motifs is 1. The number of amides is 1. The molecule has 6 heteroatoms. The number of nitrogens with zero attached hydrogens (tertiary/aromatic N) is 2. The molecule has 0 aliphatic carbocycles. The zero-order valence-corrected chi connectivity index (χ0v) is 15.5. The Morgan fingerprint density at radius 1 is 1.04 bits per heavy atom. The number of pyridine rings is 1. The molecule has 2 aromatic carbocycles. The van der Waals surface area contributed by atoms with Crippen LogP contribution in [0.1, 0.15) is 21.5 Å². The lowest BCUT2D eigenvalue weighted by Gasteiger charge is -2.18. The number of hydrogen-bond acceptors (Lipinski definition) is 5. The Balaban J connectivity index is 1.41. The molecule has 1 aromatic heterocycles. The maximum atomic E-state index is 12.8. The van der Waals surface area contributed by atoms with Crippen molar-refractivity contribution < 1.29 is 19.0 Å². The molecule has 0 radical (unpaired) electrons. The minimum absolute atomic E-state index is 0.107. The highest BCUT2D eigenvalue weighted by Crippen LogP contribution is 2.32. The second kappa shape index (κ2) is 8.00. The van der Waals surface area contributed by atoms with Crippen LogP contribution in [0.2, 0.25) is 0 Å². The molecule has 142 valence electrons. The van der Waals surface area contributed by atoms with Crippen molar-refractivity contribution in [3.8, 4) is 17.4 Å². The number of aromatic nitrogens is 1. The summed E-state index contributed by atoms with van der Waals surface area (Å²) >= 11 is 0. The van der Waals surface area contributed by atoms with Crippen LogP contribution in [-0.2, 0) is 13.2 Å². The molecule has 0 N–H and O–H groups in total. The van der Waals surface area contributed by atoms with Crippen LogP contribution in [0, 0.1) is 0 Å². The van der Waals surface area contributed by atoms with E-state index in [0.29, 0.717) is 30.3 Å². The fourth-order valence-electron chi connectivity index (χ4n) is 2.96. The standard InChI is InChI=1S/C22H20N2O4/c1-24(13-17-7-8-19-20(11-17)28-15-27-19)22(25)18-9-10-23-21(12-18)26-14-16-5-3-2-4-6-16/h2-12H,13-15H2,1H3. The van der Waals surface area contributed by atoms with Crippen LogP contribution in [0.4, 0.5) is 0 Å². The highest BCUT2D eigenvalue weighted by atomic mass is 16.7. The third kappa shape index (κ3) is 4.06. The number of ether oxygens (including phenoxy) is 3. The molecule has 4 rings (SSSR count). The Morgan fingerprint density at radius 3 is 2.71 bits per heavy atom. The van der Waals surface area contributed by atoms with E-state index in [1.54, 1.807) is 30.3 Å². The second-order valence-electron chi connectivity index (χ2n) is 6.51. The third-order valence-corrected chi connectivity index (χ3v) is 4.41. The van der Waals surface area contributed by atoms with Crippen molar-refractivity contribution in [2.75, 3.05) is 13.8 Å². The lowest BCUT2D eigenvalue weighted by Crippen LogP contribution is -2.26. The number of carbonyl (C=O) groups is 1. The zero-order chi connectivity index (χ0) is 19.3. The highest BCUT2D eigenvalue weighted by molar-refractivity contribution is 5.94. The van der Waals surface area contributed by atoms with Gasteiger partial charge in [-0.25, -0.2) is 4.98 Å². The fraction of sp³-hybridized carbons (Fsp3) is 0.182. The summed E-state index contributed by atoms with van der Waals surface area (Å²) in [7, 11) is 1.76. The molecule has 0 unspecified atom stereocenters. The SMILES string of the molecule is CN(Cc1ccc2c(c1)OCO2)C(=O)c1ccnc(OCc2ccccc2)c1. The second-order valence-corrected chi connectivity index (χ2v) is 6.51. The van der Waals surface area contributed by atoms with E-state index in [4.69, 9.17) is 14.2 Å². The van der Waals surface area contributed by atoms with Crippen LogP contribution in [0.25, 0.3) is 0 Å². The van der Waals surface area contributed by atoms with Gasteiger partial charge >= 0.3 is 0 Å². The van der Waals surface area contributed by atoms with Crippen LogP contribution >= 0.6 is 0 Å². The number of benzene rings is 2. The average molecular weight is 376 g/mol. The molecule has 0 spiro atoms. The molecule has 1 aliphatic rings. The van der Waals surface area contributed by atoms with Gasteiger partial charge in [0.2, 0.25) is 12.7 Å². The van der Waals surface area contributed by atoms with Gasteiger partial charge in [-0.15, -0.1) is 0 Å². The third-order valence-electron chi connectivity index (χ3n) is 4.41. The molecule has 1 amide bonds. The average Bonchev–Trinajstić information content (AvgIpc) is 3.20. The lowest BCUT2D eigenvalue weighted by molar-refractivity contribution is 0.0784. The first-order valence-electron chi connectivity index (χ1n) is 8.96. The van der Waals surface area contributed by atoms with Gasteiger partial charge < -0.3 is 19.1 Å². The molecule has 0 fully saturated rings. The van der Waals surface area contributed by atoms with E-state index >= 15 is 0 Å². The van der Waals surface area contributed by atoms with E-state index < -0.39 is 0 Å². The summed E-state index contributed by atoms with van der Waals surface area (Å²) in [5.74, 6) is 1.75. The van der Waals surface area contributed by atoms with Crippen molar-refractivity contribution in [2.45, 2.75) is 13.2 Å². The molecule has 0 saturated carbocycles. The van der Waals surface area contributed by atoms with E-state index in [-0.39, 0.29) is 12.7 Å². The first-order chi connectivity index (χ1) is 13.7. The van der Waals surface area contributed by atoms with Gasteiger partial charge in [-0.1, -0.05) is 36.4 Å². The summed E-state index contributed by atoms with van der Waals surface area (Å²) in [6.45, 7) is 1.09. The van der Waals surface area contributed by atoms with Gasteiger partial charge in [0, 0.05) is 31.4 Å². The first-order valence-corrected chi connectivity index (χ1v) is 8.96. The van der Waals surface area contributed by atoms with Crippen LogP contribution in [0.3, 0.4) is 0 Å². The van der Waals surface area contributed by atoms with Gasteiger partial charge in [0.05, 0.1) is 0 Å². The van der Waals surface area contributed by atoms with Crippen molar-refractivity contribution in [1.29, 1.82) is 0 Å². The van der Waals surface area contributed by atoms with E-state index in [1.165, 1.54) is 0 Å². The molecule has 2 heterocycles. The van der Waals surface area contributed by atoms with Crippen LogP contribution in [0.15, 0.2) is 66.9 Å². The van der Waals surface area contributed by atoms with Gasteiger partial charge in [0.15, 0.2) is 11.5 Å². The van der Waals surface area contributed by atoms with E-state index in [0.717, 1.165) is 16.9 Å². The number of rotatable bonds is 6. The Morgan fingerprint density at radius 2 is 1.86 bits per heavy atom. The van der Waals surface area contributed by atoms with E-state index in [1.807, 2.05) is 48.5 Å². The molecular formula is C22H20N2O4. The van der Waals surface area contributed by atoms with Crippen LogP contribution < -0.4 is 14.2 Å². The highest BCUT2D eigenvalue weighted by Gasteiger charge is 2.17. The quantitative estimate of drug-likeness (QED) is 0.657. The summed E-state index contributed by atoms with van der Waals surface area (Å²) in [5.41, 5.74) is 2.54. The van der Waals surface area contributed by atoms with Gasteiger partial charge in [0.1, 0.15) is 6.61 Å². The Kier molecular flexibility index (Phi) is 5.10. The van der Waals surface area contributed by atoms with Crippen molar-refractivity contribution in [1.82, 2.24) is 9.88 Å². The van der Waals surface area contributed by atoms with E-state index in [9.17, 15) is 4.79 Å². The summed E-state index contributed by atoms with van der Waals surface area (Å²) in [6, 6.07) is 18.9. The number of carbonyl (C=O) groups excluding carboxylic acids is 1. The smallest absolute Gasteiger partial charge is 0.254 e. The predicted octanol–water partition coefficient (Wildman–Crippen LogP) is 3.66. The monoisotopic (exact) mass is 376 g/mol. The molecule has 0 bridgehead atoms. The normalized spacial score (nSPS) is 11.9. The van der Waals surface area contributed by atoms with Gasteiger partial charge in [-0.05, 0) is 29.3 Å². The summed E-state index contributed by atoms with van der Waals surface area (Å²) < 4.78 is 16.4. The molecule has 1 aliphatic heterocycles. The van der Waals surface area contributed by atoms with Crippen molar-refractivity contribution in [2.24, 2.45) is 0 Å². The van der Waals surface area contributed by atoms with E-state index in [2.05, 4.69) is 4.98 Å². The Bertz CT molecular complexity index is 975. The minimum atomic E-state index is -0.107. The first kappa shape index (κ1) is 17.9. The van der Waals surface area contributed by atoms with Gasteiger partial charge in [-0.2, -0.15) is 0 Å². The summed E-state index contributed by atoms with van der Waals surface area (Å²) in [4.78, 5) is 18.6. The molecule has 0 atom stereocenters. The van der Waals surface area contributed by atoms with Crippen molar-refractivity contribution in [3.63, 3.8) is 0 Å². The lowest BCUT2D eigenvalue weighted by atomic mass is 10.1. The summed E-state index contributed by atoms with van der Waals surface area (Å²) in [5, 5.41) is 0. The predicted molar refractivity (Wildman–Crippen MR) is 103 cm³/mol.